The molecule has 2 aromatic rings. The summed E-state index contributed by atoms with van der Waals surface area (Å²) in [6, 6.07) is 5.72. The maximum absolute atomic E-state index is 11.9. The van der Waals surface area contributed by atoms with Crippen LogP contribution < -0.4 is 9.64 Å². The Bertz CT molecular complexity index is 835. The van der Waals surface area contributed by atoms with Crippen molar-refractivity contribution in [1.29, 1.82) is 0 Å². The summed E-state index contributed by atoms with van der Waals surface area (Å²) in [7, 11) is 1.60. The molecule has 0 bridgehead atoms. The molecular weight excluding hydrogens is 403 g/mol. The van der Waals surface area contributed by atoms with Gasteiger partial charge < -0.3 is 14.7 Å². The number of methoxy groups -OCH3 is 1. The van der Waals surface area contributed by atoms with Gasteiger partial charge in [-0.05, 0) is 19.1 Å². The Morgan fingerprint density at radius 3 is 2.61 bits per heavy atom. The minimum absolute atomic E-state index is 0.0365. The van der Waals surface area contributed by atoms with Gasteiger partial charge in [-0.2, -0.15) is 5.10 Å². The average Bonchev–Trinajstić information content (AvgIpc) is 2.98. The average molecular weight is 427 g/mol. The van der Waals surface area contributed by atoms with Crippen LogP contribution in [-0.2, 0) is 11.2 Å². The molecule has 1 aliphatic rings. The van der Waals surface area contributed by atoms with E-state index in [2.05, 4.69) is 14.9 Å². The number of aromatic nitrogens is 2. The molecule has 1 unspecified atom stereocenters. The number of anilines is 1. The number of nitrogens with zero attached hydrogens (tertiary/aromatic N) is 4. The Kier molecular flexibility index (Phi) is 6.82. The predicted molar refractivity (Wildman–Crippen MR) is 110 cm³/mol. The Balaban J connectivity index is 1.73. The number of carbonyl (C=O) groups is 1. The number of ether oxygens (including phenoxy) is 1. The molecule has 1 fully saturated rings. The molecule has 9 heteroatoms. The maximum Gasteiger partial charge on any atom is 0.160 e. The molecule has 1 aliphatic heterocycles. The molecule has 0 saturated carbocycles. The third-order valence-electron chi connectivity index (χ3n) is 5.05. The molecule has 1 saturated heterocycles. The highest BCUT2D eigenvalue weighted by molar-refractivity contribution is 6.32. The van der Waals surface area contributed by atoms with Gasteiger partial charge in [-0.15, -0.1) is 0 Å². The minimum Gasteiger partial charge on any atom is -0.495 e. The molecule has 3 rings (SSSR count). The molecule has 28 heavy (non-hydrogen) atoms. The molecule has 0 aliphatic carbocycles. The molecule has 2 heterocycles. The lowest BCUT2D eigenvalue weighted by Crippen LogP contribution is -2.49. The Labute approximate surface area is 174 Å². The van der Waals surface area contributed by atoms with Crippen molar-refractivity contribution in [2.75, 3.05) is 44.8 Å². The van der Waals surface area contributed by atoms with Crippen LogP contribution >= 0.6 is 23.2 Å². The fourth-order valence-electron chi connectivity index (χ4n) is 3.47. The van der Waals surface area contributed by atoms with Gasteiger partial charge in [0.05, 0.1) is 28.5 Å². The zero-order valence-electron chi connectivity index (χ0n) is 15.9. The van der Waals surface area contributed by atoms with Crippen LogP contribution in [0.3, 0.4) is 0 Å². The van der Waals surface area contributed by atoms with E-state index in [4.69, 9.17) is 27.9 Å². The largest absolute Gasteiger partial charge is 0.495 e. The van der Waals surface area contributed by atoms with E-state index >= 15 is 0 Å². The summed E-state index contributed by atoms with van der Waals surface area (Å²) in [6.07, 6.45) is 0.733. The van der Waals surface area contributed by atoms with E-state index < -0.39 is 6.17 Å². The number of halogens is 2. The fraction of sp³-hybridized carbons (Fsp3) is 0.474. The standard InChI is InChI=1S/C19H24Cl2N4O3/c1-13-19(21)16(5-10-26)22-25(13)18(12-27)24-8-6-23(7-9-24)14-3-4-15(20)17(11-14)28-2/h3-4,11-12,18,26H,5-10H2,1-2H3. The highest BCUT2D eigenvalue weighted by Gasteiger charge is 2.28. The summed E-state index contributed by atoms with van der Waals surface area (Å²) in [5.74, 6) is 0.644. The quantitative estimate of drug-likeness (QED) is 0.685. The third kappa shape index (κ3) is 4.12. The van der Waals surface area contributed by atoms with Gasteiger partial charge in [0.25, 0.3) is 0 Å². The molecule has 0 amide bonds. The number of piperazine rings is 1. The smallest absolute Gasteiger partial charge is 0.160 e. The van der Waals surface area contributed by atoms with Crippen LogP contribution in [0.5, 0.6) is 5.75 Å². The van der Waals surface area contributed by atoms with E-state index in [1.165, 1.54) is 0 Å². The van der Waals surface area contributed by atoms with Crippen molar-refractivity contribution < 1.29 is 14.6 Å². The van der Waals surface area contributed by atoms with Gasteiger partial charge in [0.1, 0.15) is 5.75 Å². The monoisotopic (exact) mass is 426 g/mol. The van der Waals surface area contributed by atoms with Gasteiger partial charge in [0.15, 0.2) is 12.5 Å². The van der Waals surface area contributed by atoms with Crippen LogP contribution in [0.15, 0.2) is 18.2 Å². The molecule has 1 N–H and O–H groups in total. The molecule has 7 nitrogen and oxygen atoms in total. The van der Waals surface area contributed by atoms with Crippen LogP contribution in [-0.4, -0.2) is 66.0 Å². The van der Waals surface area contributed by atoms with Crippen LogP contribution in [0.2, 0.25) is 10.0 Å². The Morgan fingerprint density at radius 2 is 2.00 bits per heavy atom. The van der Waals surface area contributed by atoms with Crippen molar-refractivity contribution in [2.24, 2.45) is 0 Å². The molecule has 1 aromatic carbocycles. The number of hydrogen-bond donors (Lipinski definition) is 1. The van der Waals surface area contributed by atoms with Gasteiger partial charge in [-0.3, -0.25) is 9.69 Å². The number of aliphatic hydroxyl groups is 1. The number of benzene rings is 1. The second kappa shape index (κ2) is 9.13. The highest BCUT2D eigenvalue weighted by atomic mass is 35.5. The van der Waals surface area contributed by atoms with E-state index in [9.17, 15) is 9.90 Å². The van der Waals surface area contributed by atoms with Crippen molar-refractivity contribution in [3.8, 4) is 5.75 Å². The van der Waals surface area contributed by atoms with E-state index in [0.717, 1.165) is 30.8 Å². The predicted octanol–water partition coefficient (Wildman–Crippen LogP) is 2.56. The summed E-state index contributed by atoms with van der Waals surface area (Å²) in [5.41, 5.74) is 2.37. The van der Waals surface area contributed by atoms with Gasteiger partial charge >= 0.3 is 0 Å². The molecule has 152 valence electrons. The lowest BCUT2D eigenvalue weighted by atomic mass is 10.2. The maximum atomic E-state index is 11.9. The number of hydrogen-bond acceptors (Lipinski definition) is 6. The first-order chi connectivity index (χ1) is 13.5. The number of carbonyl (C=O) groups excluding carboxylic acids is 1. The Morgan fingerprint density at radius 1 is 1.29 bits per heavy atom. The molecular formula is C19H24Cl2N4O3. The fourth-order valence-corrected chi connectivity index (χ4v) is 3.88. The minimum atomic E-state index is -0.521. The van der Waals surface area contributed by atoms with Crippen LogP contribution in [0.4, 0.5) is 5.69 Å². The van der Waals surface area contributed by atoms with E-state index in [0.29, 0.717) is 41.0 Å². The van der Waals surface area contributed by atoms with Crippen LogP contribution in [0.1, 0.15) is 17.6 Å². The van der Waals surface area contributed by atoms with E-state index in [-0.39, 0.29) is 6.61 Å². The van der Waals surface area contributed by atoms with Crippen molar-refractivity contribution in [3.63, 3.8) is 0 Å². The topological polar surface area (TPSA) is 70.8 Å². The van der Waals surface area contributed by atoms with E-state index in [1.807, 2.05) is 25.1 Å². The number of aldehydes is 1. The van der Waals surface area contributed by atoms with Crippen molar-refractivity contribution in [2.45, 2.75) is 19.5 Å². The molecule has 0 radical (unpaired) electrons. The zero-order chi connectivity index (χ0) is 20.3. The van der Waals surface area contributed by atoms with Gasteiger partial charge in [-0.25, -0.2) is 4.68 Å². The second-order valence-corrected chi connectivity index (χ2v) is 7.44. The first kappa shape index (κ1) is 20.9. The number of rotatable bonds is 7. The zero-order valence-corrected chi connectivity index (χ0v) is 17.4. The normalized spacial score (nSPS) is 16.2. The first-order valence-electron chi connectivity index (χ1n) is 9.12. The lowest BCUT2D eigenvalue weighted by molar-refractivity contribution is -0.116. The highest BCUT2D eigenvalue weighted by Crippen LogP contribution is 2.30. The van der Waals surface area contributed by atoms with Crippen molar-refractivity contribution in [3.05, 3.63) is 39.6 Å². The van der Waals surface area contributed by atoms with E-state index in [1.54, 1.807) is 11.8 Å². The molecule has 1 atom stereocenters. The third-order valence-corrected chi connectivity index (χ3v) is 5.86. The van der Waals surface area contributed by atoms with Gasteiger partial charge in [0, 0.05) is 51.0 Å². The van der Waals surface area contributed by atoms with Gasteiger partial charge in [-0.1, -0.05) is 23.2 Å². The van der Waals surface area contributed by atoms with Crippen molar-refractivity contribution in [1.82, 2.24) is 14.7 Å². The van der Waals surface area contributed by atoms with Crippen LogP contribution in [0, 0.1) is 6.92 Å². The summed E-state index contributed by atoms with van der Waals surface area (Å²) in [5, 5.41) is 14.7. The Hall–Kier alpha value is -1.80. The first-order valence-corrected chi connectivity index (χ1v) is 9.88. The van der Waals surface area contributed by atoms with Gasteiger partial charge in [0.2, 0.25) is 0 Å². The summed E-state index contributed by atoms with van der Waals surface area (Å²) in [6.45, 7) is 4.70. The molecule has 0 spiro atoms. The SMILES string of the molecule is COc1cc(N2CCN(C(C=O)n3nc(CCO)c(Cl)c3C)CC2)ccc1Cl. The summed E-state index contributed by atoms with van der Waals surface area (Å²) >= 11 is 12.4. The number of aliphatic hydroxyl groups excluding tert-OH is 1. The second-order valence-electron chi connectivity index (χ2n) is 6.66. The summed E-state index contributed by atoms with van der Waals surface area (Å²) in [4.78, 5) is 16.2. The lowest BCUT2D eigenvalue weighted by Gasteiger charge is -2.38. The summed E-state index contributed by atoms with van der Waals surface area (Å²) < 4.78 is 6.95. The molecule has 1 aromatic heterocycles. The van der Waals surface area contributed by atoms with Crippen molar-refractivity contribution >= 4 is 35.2 Å². The van der Waals surface area contributed by atoms with Crippen LogP contribution in [0.25, 0.3) is 0 Å².